The Bertz CT molecular complexity index is 628. The fourth-order valence-electron chi connectivity index (χ4n) is 1.69. The van der Waals surface area contributed by atoms with E-state index in [0.717, 1.165) is 5.69 Å². The predicted molar refractivity (Wildman–Crippen MR) is 73.8 cm³/mol. The number of thiophene rings is 1. The molecule has 5 nitrogen and oxygen atoms in total. The quantitative estimate of drug-likeness (QED) is 0.877. The third kappa shape index (κ3) is 2.53. The molecule has 0 aliphatic heterocycles. The Morgan fingerprint density at radius 2 is 2.05 bits per heavy atom. The number of carbonyl (C=O) groups is 2. The van der Waals surface area contributed by atoms with Gasteiger partial charge in [-0.05, 0) is 30.5 Å². The number of nitrogens with zero attached hydrogens (tertiary/aromatic N) is 1. The molecule has 2 heterocycles. The van der Waals surface area contributed by atoms with Crippen LogP contribution in [-0.4, -0.2) is 23.6 Å². The van der Waals surface area contributed by atoms with E-state index >= 15 is 0 Å². The van der Waals surface area contributed by atoms with Gasteiger partial charge in [0.15, 0.2) is 0 Å². The summed E-state index contributed by atoms with van der Waals surface area (Å²) in [5.74, 6) is -0.701. The molecule has 2 aromatic rings. The number of carbonyl (C=O) groups excluding carboxylic acids is 2. The molecule has 1 amide bonds. The minimum Gasteiger partial charge on any atom is -0.465 e. The van der Waals surface area contributed by atoms with Gasteiger partial charge in [0.2, 0.25) is 0 Å². The van der Waals surface area contributed by atoms with Crippen molar-refractivity contribution < 1.29 is 14.3 Å². The third-order valence-electron chi connectivity index (χ3n) is 2.89. The van der Waals surface area contributed by atoms with Crippen LogP contribution in [0.2, 0.25) is 0 Å². The first-order valence-electron chi connectivity index (χ1n) is 5.64. The van der Waals surface area contributed by atoms with Gasteiger partial charge in [0.05, 0.1) is 12.8 Å². The molecular weight excluding hydrogens is 264 g/mol. The zero-order valence-electron chi connectivity index (χ0n) is 10.9. The number of anilines is 1. The monoisotopic (exact) mass is 278 g/mol. The molecule has 0 fully saturated rings. The number of nitrogens with one attached hydrogen (secondary N) is 1. The fourth-order valence-corrected chi connectivity index (χ4v) is 2.45. The molecule has 6 heteroatoms. The van der Waals surface area contributed by atoms with Crippen molar-refractivity contribution in [1.82, 2.24) is 4.57 Å². The molecule has 100 valence electrons. The first-order valence-corrected chi connectivity index (χ1v) is 6.52. The Kier molecular flexibility index (Phi) is 3.71. The highest BCUT2D eigenvalue weighted by Crippen LogP contribution is 2.23. The number of aryl methyl sites for hydroxylation is 1. The Balaban J connectivity index is 2.23. The summed E-state index contributed by atoms with van der Waals surface area (Å²) < 4.78 is 6.46. The number of aromatic nitrogens is 1. The summed E-state index contributed by atoms with van der Waals surface area (Å²) in [6, 6.07) is 5.29. The van der Waals surface area contributed by atoms with Crippen LogP contribution in [0.5, 0.6) is 0 Å². The lowest BCUT2D eigenvalue weighted by atomic mass is 10.3. The van der Waals surface area contributed by atoms with Crippen LogP contribution in [0.4, 0.5) is 5.69 Å². The first kappa shape index (κ1) is 13.4. The second kappa shape index (κ2) is 5.27. The highest BCUT2D eigenvalue weighted by molar-refractivity contribution is 7.12. The molecule has 0 unspecified atom stereocenters. The molecule has 19 heavy (non-hydrogen) atoms. The van der Waals surface area contributed by atoms with E-state index in [9.17, 15) is 9.59 Å². The summed E-state index contributed by atoms with van der Waals surface area (Å²) in [7, 11) is 3.13. The number of amides is 1. The van der Waals surface area contributed by atoms with Gasteiger partial charge in [-0.2, -0.15) is 0 Å². The van der Waals surface area contributed by atoms with Crippen molar-refractivity contribution >= 4 is 28.9 Å². The number of ether oxygens (including phenoxy) is 1. The predicted octanol–water partition coefficient (Wildman–Crippen LogP) is 2.43. The second-order valence-electron chi connectivity index (χ2n) is 4.03. The molecular formula is C13H14N2O3S. The number of hydrogen-bond acceptors (Lipinski definition) is 4. The van der Waals surface area contributed by atoms with Crippen molar-refractivity contribution in [3.63, 3.8) is 0 Å². The van der Waals surface area contributed by atoms with E-state index in [1.165, 1.54) is 18.4 Å². The van der Waals surface area contributed by atoms with E-state index in [0.29, 0.717) is 16.3 Å². The van der Waals surface area contributed by atoms with Crippen LogP contribution in [0, 0.1) is 6.92 Å². The largest absolute Gasteiger partial charge is 0.465 e. The Hall–Kier alpha value is -2.08. The summed E-state index contributed by atoms with van der Waals surface area (Å²) in [6.45, 7) is 1.92. The average molecular weight is 278 g/mol. The standard InChI is InChI=1S/C13H14N2O3S/c1-8-4-5-10(15(8)2)12(16)14-9-6-7-19-11(9)13(17)18-3/h4-7H,1-3H3,(H,14,16). The minimum atomic E-state index is -0.451. The summed E-state index contributed by atoms with van der Waals surface area (Å²) in [5.41, 5.74) is 2.00. The van der Waals surface area contributed by atoms with Crippen LogP contribution >= 0.6 is 11.3 Å². The number of esters is 1. The van der Waals surface area contributed by atoms with Gasteiger partial charge in [-0.15, -0.1) is 11.3 Å². The van der Waals surface area contributed by atoms with Crippen LogP contribution in [-0.2, 0) is 11.8 Å². The minimum absolute atomic E-state index is 0.251. The van der Waals surface area contributed by atoms with Gasteiger partial charge in [-0.25, -0.2) is 4.79 Å². The van der Waals surface area contributed by atoms with Gasteiger partial charge in [-0.1, -0.05) is 0 Å². The summed E-state index contributed by atoms with van der Waals surface area (Å²) >= 11 is 1.23. The number of methoxy groups -OCH3 is 1. The molecule has 1 N–H and O–H groups in total. The van der Waals surface area contributed by atoms with Gasteiger partial charge in [0.1, 0.15) is 10.6 Å². The van der Waals surface area contributed by atoms with Crippen molar-refractivity contribution in [2.24, 2.45) is 7.05 Å². The number of rotatable bonds is 3. The van der Waals surface area contributed by atoms with Gasteiger partial charge in [0, 0.05) is 12.7 Å². The van der Waals surface area contributed by atoms with Crippen LogP contribution in [0.1, 0.15) is 25.9 Å². The zero-order valence-corrected chi connectivity index (χ0v) is 11.7. The van der Waals surface area contributed by atoms with E-state index < -0.39 is 5.97 Å². The maximum Gasteiger partial charge on any atom is 0.350 e. The van der Waals surface area contributed by atoms with Crippen LogP contribution in [0.25, 0.3) is 0 Å². The van der Waals surface area contributed by atoms with Crippen molar-refractivity contribution in [3.8, 4) is 0 Å². The second-order valence-corrected chi connectivity index (χ2v) is 4.94. The van der Waals surface area contributed by atoms with E-state index in [1.807, 2.05) is 20.0 Å². The summed E-state index contributed by atoms with van der Waals surface area (Å²) in [5, 5.41) is 4.46. The SMILES string of the molecule is COC(=O)c1sccc1NC(=O)c1ccc(C)n1C. The molecule has 0 atom stereocenters. The molecule has 0 saturated heterocycles. The Morgan fingerprint density at radius 1 is 1.32 bits per heavy atom. The van der Waals surface area contributed by atoms with Gasteiger partial charge in [0.25, 0.3) is 5.91 Å². The molecule has 0 aromatic carbocycles. The molecule has 0 radical (unpaired) electrons. The van der Waals surface area contributed by atoms with E-state index in [-0.39, 0.29) is 5.91 Å². The number of hydrogen-bond donors (Lipinski definition) is 1. The first-order chi connectivity index (χ1) is 9.04. The molecule has 2 rings (SSSR count). The van der Waals surface area contributed by atoms with Crippen LogP contribution in [0.3, 0.4) is 0 Å². The lowest BCUT2D eigenvalue weighted by Gasteiger charge is -2.07. The fraction of sp³-hybridized carbons (Fsp3) is 0.231. The topological polar surface area (TPSA) is 60.3 Å². The van der Waals surface area contributed by atoms with Gasteiger partial charge in [-0.3, -0.25) is 4.79 Å². The van der Waals surface area contributed by atoms with Gasteiger partial charge < -0.3 is 14.6 Å². The third-order valence-corrected chi connectivity index (χ3v) is 3.78. The van der Waals surface area contributed by atoms with Crippen LogP contribution in [0.15, 0.2) is 23.6 Å². The maximum absolute atomic E-state index is 12.1. The summed E-state index contributed by atoms with van der Waals surface area (Å²) in [6.07, 6.45) is 0. The lowest BCUT2D eigenvalue weighted by molar-refractivity contribution is 0.0607. The van der Waals surface area contributed by atoms with Crippen LogP contribution < -0.4 is 5.32 Å². The molecule has 0 bridgehead atoms. The maximum atomic E-state index is 12.1. The van der Waals surface area contributed by atoms with E-state index in [1.54, 1.807) is 22.1 Å². The van der Waals surface area contributed by atoms with Gasteiger partial charge >= 0.3 is 5.97 Å². The molecule has 0 aliphatic rings. The lowest BCUT2D eigenvalue weighted by Crippen LogP contribution is -2.17. The molecule has 0 saturated carbocycles. The summed E-state index contributed by atoms with van der Waals surface area (Å²) in [4.78, 5) is 24.0. The molecule has 2 aromatic heterocycles. The zero-order chi connectivity index (χ0) is 14.0. The molecule has 0 aliphatic carbocycles. The molecule has 0 spiro atoms. The Labute approximate surface area is 114 Å². The highest BCUT2D eigenvalue weighted by atomic mass is 32.1. The Morgan fingerprint density at radius 3 is 2.63 bits per heavy atom. The van der Waals surface area contributed by atoms with Crippen molar-refractivity contribution in [1.29, 1.82) is 0 Å². The van der Waals surface area contributed by atoms with Crippen molar-refractivity contribution in [2.75, 3.05) is 12.4 Å². The van der Waals surface area contributed by atoms with Crippen molar-refractivity contribution in [2.45, 2.75) is 6.92 Å². The van der Waals surface area contributed by atoms with E-state index in [4.69, 9.17) is 0 Å². The average Bonchev–Trinajstić information content (AvgIpc) is 2.97. The van der Waals surface area contributed by atoms with E-state index in [2.05, 4.69) is 10.1 Å². The smallest absolute Gasteiger partial charge is 0.350 e. The van der Waals surface area contributed by atoms with Crippen molar-refractivity contribution in [3.05, 3.63) is 39.8 Å². The normalized spacial score (nSPS) is 10.3. The highest BCUT2D eigenvalue weighted by Gasteiger charge is 2.17.